The number of benzene rings is 1. The Morgan fingerprint density at radius 3 is 2.74 bits per heavy atom. The molecule has 3 N–H and O–H groups in total. The fraction of sp³-hybridized carbons (Fsp3) is 0.250. The molecule has 0 radical (unpaired) electrons. The van der Waals surface area contributed by atoms with Gasteiger partial charge in [-0.3, -0.25) is 4.79 Å². The third-order valence-electron chi connectivity index (χ3n) is 2.35. The van der Waals surface area contributed by atoms with E-state index in [2.05, 4.69) is 15.5 Å². The van der Waals surface area contributed by atoms with Crippen LogP contribution in [-0.2, 0) is 11.2 Å². The Hall–Kier alpha value is -1.92. The first-order chi connectivity index (χ1) is 8.79. The van der Waals surface area contributed by atoms with Gasteiger partial charge in [0.1, 0.15) is 0 Å². The average molecular weight is 283 g/mol. The van der Waals surface area contributed by atoms with E-state index in [9.17, 15) is 4.79 Å². The number of aromatic nitrogens is 2. The molecular weight excluding hydrogens is 268 g/mol. The highest BCUT2D eigenvalue weighted by atomic mass is 35.5. The van der Waals surface area contributed by atoms with Crippen molar-refractivity contribution >= 4 is 18.3 Å². The Balaban J connectivity index is 0.00000180. The van der Waals surface area contributed by atoms with Crippen LogP contribution in [-0.4, -0.2) is 29.1 Å². The van der Waals surface area contributed by atoms with E-state index >= 15 is 0 Å². The molecule has 7 heteroatoms. The van der Waals surface area contributed by atoms with E-state index in [1.54, 1.807) is 0 Å². The molecule has 1 aromatic carbocycles. The molecule has 1 amide bonds. The van der Waals surface area contributed by atoms with Gasteiger partial charge in [-0.2, -0.15) is 4.98 Å². The summed E-state index contributed by atoms with van der Waals surface area (Å²) < 4.78 is 5.09. The molecule has 0 unspecified atom stereocenters. The van der Waals surface area contributed by atoms with Crippen molar-refractivity contribution in [2.24, 2.45) is 5.73 Å². The predicted molar refractivity (Wildman–Crippen MR) is 72.8 cm³/mol. The smallest absolute Gasteiger partial charge is 0.233 e. The van der Waals surface area contributed by atoms with Crippen molar-refractivity contribution in [3.63, 3.8) is 0 Å². The summed E-state index contributed by atoms with van der Waals surface area (Å²) in [7, 11) is 0. The standard InChI is InChI=1S/C12H14N4O2.ClH/c13-8-10(17)14-7-6-11-15-12(16-18-11)9-4-2-1-3-5-9;/h1-5H,6-8,13H2,(H,14,17);1H. The molecule has 0 atom stereocenters. The van der Waals surface area contributed by atoms with E-state index in [0.717, 1.165) is 5.56 Å². The van der Waals surface area contributed by atoms with Crippen molar-refractivity contribution in [3.8, 4) is 11.4 Å². The van der Waals surface area contributed by atoms with Gasteiger partial charge in [0.05, 0.1) is 6.54 Å². The Bertz CT molecular complexity index is 515. The fourth-order valence-electron chi connectivity index (χ4n) is 1.44. The number of hydrogen-bond donors (Lipinski definition) is 2. The van der Waals surface area contributed by atoms with Crippen LogP contribution in [0, 0.1) is 0 Å². The molecule has 0 bridgehead atoms. The van der Waals surface area contributed by atoms with E-state index < -0.39 is 0 Å². The zero-order valence-electron chi connectivity index (χ0n) is 10.2. The van der Waals surface area contributed by atoms with Crippen LogP contribution in [0.2, 0.25) is 0 Å². The van der Waals surface area contributed by atoms with Gasteiger partial charge in [-0.05, 0) is 0 Å². The number of amides is 1. The number of nitrogens with zero attached hydrogens (tertiary/aromatic N) is 2. The van der Waals surface area contributed by atoms with Gasteiger partial charge >= 0.3 is 0 Å². The Morgan fingerprint density at radius 1 is 1.32 bits per heavy atom. The summed E-state index contributed by atoms with van der Waals surface area (Å²) >= 11 is 0. The van der Waals surface area contributed by atoms with Gasteiger partial charge in [-0.1, -0.05) is 35.5 Å². The first kappa shape index (κ1) is 15.1. The first-order valence-corrected chi connectivity index (χ1v) is 5.64. The van der Waals surface area contributed by atoms with Crippen LogP contribution in [0.1, 0.15) is 5.89 Å². The lowest BCUT2D eigenvalue weighted by Crippen LogP contribution is -2.31. The topological polar surface area (TPSA) is 94.0 Å². The number of nitrogens with two attached hydrogens (primary N) is 1. The summed E-state index contributed by atoms with van der Waals surface area (Å²) in [6.45, 7) is 0.422. The Morgan fingerprint density at radius 2 is 2.05 bits per heavy atom. The Kier molecular flexibility index (Phi) is 5.98. The first-order valence-electron chi connectivity index (χ1n) is 5.64. The molecule has 0 aliphatic heterocycles. The van der Waals surface area contributed by atoms with Crippen LogP contribution in [0.5, 0.6) is 0 Å². The van der Waals surface area contributed by atoms with E-state index in [4.69, 9.17) is 10.3 Å². The summed E-state index contributed by atoms with van der Waals surface area (Å²) in [5, 5.41) is 6.52. The molecule has 2 rings (SSSR count). The second-order valence-electron chi connectivity index (χ2n) is 3.68. The molecule has 1 heterocycles. The molecule has 102 valence electrons. The van der Waals surface area contributed by atoms with Crippen molar-refractivity contribution in [2.75, 3.05) is 13.1 Å². The van der Waals surface area contributed by atoms with Crippen molar-refractivity contribution < 1.29 is 9.32 Å². The predicted octanol–water partition coefficient (Wildman–Crippen LogP) is 0.776. The van der Waals surface area contributed by atoms with Crippen LogP contribution in [0.3, 0.4) is 0 Å². The van der Waals surface area contributed by atoms with Crippen molar-refractivity contribution in [3.05, 3.63) is 36.2 Å². The minimum absolute atomic E-state index is 0. The molecule has 0 aliphatic rings. The maximum atomic E-state index is 10.9. The number of rotatable bonds is 5. The summed E-state index contributed by atoms with van der Waals surface area (Å²) in [6, 6.07) is 9.56. The third kappa shape index (κ3) is 4.35. The summed E-state index contributed by atoms with van der Waals surface area (Å²) in [4.78, 5) is 15.2. The minimum atomic E-state index is -0.196. The SMILES string of the molecule is Cl.NCC(=O)NCCc1nc(-c2ccccc2)no1. The van der Waals surface area contributed by atoms with Crippen LogP contribution in [0.25, 0.3) is 11.4 Å². The highest BCUT2D eigenvalue weighted by Crippen LogP contribution is 2.14. The lowest BCUT2D eigenvalue weighted by Gasteiger charge is -1.99. The molecule has 0 saturated heterocycles. The molecule has 0 saturated carbocycles. The van der Waals surface area contributed by atoms with Gasteiger partial charge in [0.2, 0.25) is 17.6 Å². The maximum absolute atomic E-state index is 10.9. The van der Waals surface area contributed by atoms with Crippen molar-refractivity contribution in [1.29, 1.82) is 0 Å². The van der Waals surface area contributed by atoms with Crippen LogP contribution in [0.4, 0.5) is 0 Å². The fourth-order valence-corrected chi connectivity index (χ4v) is 1.44. The van der Waals surface area contributed by atoms with Crippen LogP contribution in [0.15, 0.2) is 34.9 Å². The van der Waals surface area contributed by atoms with E-state index in [1.807, 2.05) is 30.3 Å². The molecular formula is C12H15ClN4O2. The molecule has 6 nitrogen and oxygen atoms in total. The van der Waals surface area contributed by atoms with Crippen LogP contribution >= 0.6 is 12.4 Å². The van der Waals surface area contributed by atoms with E-state index in [-0.39, 0.29) is 24.9 Å². The lowest BCUT2D eigenvalue weighted by atomic mass is 10.2. The lowest BCUT2D eigenvalue weighted by molar-refractivity contribution is -0.119. The summed E-state index contributed by atoms with van der Waals surface area (Å²) in [5.41, 5.74) is 6.07. The van der Waals surface area contributed by atoms with Crippen molar-refractivity contribution in [2.45, 2.75) is 6.42 Å². The number of halogens is 1. The normalized spacial score (nSPS) is 9.74. The molecule has 0 aliphatic carbocycles. The van der Waals surface area contributed by atoms with Crippen molar-refractivity contribution in [1.82, 2.24) is 15.5 Å². The molecule has 0 spiro atoms. The number of hydrogen-bond acceptors (Lipinski definition) is 5. The van der Waals surface area contributed by atoms with Gasteiger partial charge in [0.25, 0.3) is 0 Å². The minimum Gasteiger partial charge on any atom is -0.354 e. The molecule has 1 aromatic heterocycles. The molecule has 19 heavy (non-hydrogen) atoms. The van der Waals surface area contributed by atoms with Crippen LogP contribution < -0.4 is 11.1 Å². The highest BCUT2D eigenvalue weighted by Gasteiger charge is 2.08. The van der Waals surface area contributed by atoms with E-state index in [0.29, 0.717) is 24.7 Å². The summed E-state index contributed by atoms with van der Waals surface area (Å²) in [5.74, 6) is 0.847. The maximum Gasteiger partial charge on any atom is 0.233 e. The highest BCUT2D eigenvalue weighted by molar-refractivity contribution is 5.85. The average Bonchev–Trinajstić information content (AvgIpc) is 2.88. The largest absolute Gasteiger partial charge is 0.354 e. The third-order valence-corrected chi connectivity index (χ3v) is 2.35. The number of carbonyl (C=O) groups excluding carboxylic acids is 1. The second kappa shape index (κ2) is 7.50. The van der Waals surface area contributed by atoms with E-state index in [1.165, 1.54) is 0 Å². The summed E-state index contributed by atoms with van der Waals surface area (Å²) in [6.07, 6.45) is 0.492. The van der Waals surface area contributed by atoms with Gasteiger partial charge in [-0.15, -0.1) is 12.4 Å². The van der Waals surface area contributed by atoms with Gasteiger partial charge in [-0.25, -0.2) is 0 Å². The monoisotopic (exact) mass is 282 g/mol. The van der Waals surface area contributed by atoms with Gasteiger partial charge in [0, 0.05) is 18.5 Å². The molecule has 2 aromatic rings. The van der Waals surface area contributed by atoms with Gasteiger partial charge in [0.15, 0.2) is 0 Å². The molecule has 0 fully saturated rings. The number of carbonyl (C=O) groups is 1. The number of nitrogens with one attached hydrogen (secondary N) is 1. The van der Waals surface area contributed by atoms with Gasteiger partial charge < -0.3 is 15.6 Å². The zero-order chi connectivity index (χ0) is 12.8. The quantitative estimate of drug-likeness (QED) is 0.845. The zero-order valence-corrected chi connectivity index (χ0v) is 11.0. The Labute approximate surface area is 116 Å². The second-order valence-corrected chi connectivity index (χ2v) is 3.68.